The molecule has 12 heteroatoms. The van der Waals surface area contributed by atoms with Crippen molar-refractivity contribution in [3.8, 4) is 0 Å². The van der Waals surface area contributed by atoms with Crippen LogP contribution >= 0.6 is 0 Å². The van der Waals surface area contributed by atoms with Crippen LogP contribution in [0, 0.1) is 5.92 Å². The zero-order valence-corrected chi connectivity index (χ0v) is 21.1. The highest BCUT2D eigenvalue weighted by molar-refractivity contribution is 6.47. The van der Waals surface area contributed by atoms with Gasteiger partial charge in [0.2, 0.25) is 5.91 Å². The molecule has 1 fully saturated rings. The Labute approximate surface area is 216 Å². The van der Waals surface area contributed by atoms with Crippen LogP contribution < -0.4 is 10.6 Å². The second-order valence-corrected chi connectivity index (χ2v) is 9.46. The molecule has 0 aliphatic carbocycles. The smallest absolute Gasteiger partial charge is 0.404 e. The molecule has 11 nitrogen and oxygen atoms in total. The first-order valence-electron chi connectivity index (χ1n) is 12.4. The van der Waals surface area contributed by atoms with Crippen molar-refractivity contribution in [2.45, 2.75) is 63.4 Å². The molecule has 1 aliphatic rings. The van der Waals surface area contributed by atoms with Crippen molar-refractivity contribution in [3.05, 3.63) is 60.2 Å². The molecule has 200 valence electrons. The molecule has 2 amide bonds. The molecule has 0 radical (unpaired) electrons. The summed E-state index contributed by atoms with van der Waals surface area (Å²) in [5.74, 6) is -1.44. The van der Waals surface area contributed by atoms with Crippen LogP contribution in [0.4, 0.5) is 0 Å². The Hall–Kier alpha value is -2.90. The molecule has 1 saturated heterocycles. The lowest BCUT2D eigenvalue weighted by molar-refractivity contribution is -0.123. The fourth-order valence-corrected chi connectivity index (χ4v) is 4.25. The van der Waals surface area contributed by atoms with E-state index in [4.69, 9.17) is 9.31 Å². The maximum absolute atomic E-state index is 13.5. The Morgan fingerprint density at radius 3 is 2.49 bits per heavy atom. The predicted octanol–water partition coefficient (Wildman–Crippen LogP) is -0.104. The summed E-state index contributed by atoms with van der Waals surface area (Å²) in [4.78, 5) is 34.3. The van der Waals surface area contributed by atoms with Crippen molar-refractivity contribution in [3.63, 3.8) is 0 Å². The van der Waals surface area contributed by atoms with Gasteiger partial charge in [-0.2, -0.15) is 0 Å². The van der Waals surface area contributed by atoms with E-state index in [1.807, 2.05) is 44.2 Å². The van der Waals surface area contributed by atoms with Crippen molar-refractivity contribution < 1.29 is 34.2 Å². The number of aliphatic hydroxyl groups is 3. The summed E-state index contributed by atoms with van der Waals surface area (Å²) in [6.07, 6.45) is 2.38. The van der Waals surface area contributed by atoms with E-state index in [0.717, 1.165) is 5.56 Å². The minimum absolute atomic E-state index is 0.0854. The normalized spacial score (nSPS) is 19.9. The third-order valence-electron chi connectivity index (χ3n) is 6.03. The monoisotopic (exact) mass is 514 g/mol. The van der Waals surface area contributed by atoms with Crippen LogP contribution in [0.3, 0.4) is 0 Å². The van der Waals surface area contributed by atoms with E-state index in [0.29, 0.717) is 6.42 Å². The Bertz CT molecular complexity index is 986. The molecule has 5 N–H and O–H groups in total. The van der Waals surface area contributed by atoms with Crippen LogP contribution in [0.5, 0.6) is 0 Å². The van der Waals surface area contributed by atoms with E-state index in [9.17, 15) is 24.9 Å². The standard InChI is InChI=1S/C25H35BN4O7/c1-16(2)12-22(26-36-21(8-11-31)23(37-26)20(33)15-32)30-24(34)18(13-17-6-4-3-5-7-17)29-25(35)19-14-27-9-10-28-19/h3-7,9-10,14,16,18,20-23,31-33H,8,11-13,15H2,1-2H3,(H,29,35)(H,30,34)/t18-,20-,21+,22-,23+/m0/s1. The minimum atomic E-state index is -1.20. The van der Waals surface area contributed by atoms with Gasteiger partial charge in [-0.1, -0.05) is 44.2 Å². The average molecular weight is 514 g/mol. The molecule has 1 aromatic carbocycles. The summed E-state index contributed by atoms with van der Waals surface area (Å²) in [6.45, 7) is 3.24. The summed E-state index contributed by atoms with van der Waals surface area (Å²) in [5.41, 5.74) is 0.937. The number of nitrogens with one attached hydrogen (secondary N) is 2. The van der Waals surface area contributed by atoms with E-state index in [2.05, 4.69) is 20.6 Å². The summed E-state index contributed by atoms with van der Waals surface area (Å²) >= 11 is 0. The number of nitrogens with zero attached hydrogens (tertiary/aromatic N) is 2. The molecule has 1 aromatic heterocycles. The fraction of sp³-hybridized carbons (Fsp3) is 0.520. The molecule has 2 aromatic rings. The van der Waals surface area contributed by atoms with Crippen LogP contribution in [0.2, 0.25) is 0 Å². The Morgan fingerprint density at radius 2 is 1.86 bits per heavy atom. The lowest BCUT2D eigenvalue weighted by Crippen LogP contribution is -2.55. The number of amides is 2. The maximum Gasteiger partial charge on any atom is 0.481 e. The van der Waals surface area contributed by atoms with E-state index < -0.39 is 55.8 Å². The summed E-state index contributed by atoms with van der Waals surface area (Å²) in [7, 11) is -0.915. The highest BCUT2D eigenvalue weighted by atomic mass is 16.7. The SMILES string of the molecule is CC(C)C[C@H](NC(=O)[C@H](Cc1ccccc1)NC(=O)c1cnccn1)B1O[C@H]([C@@H](O)CO)[C@@H](CCO)O1. The molecule has 0 bridgehead atoms. The van der Waals surface area contributed by atoms with E-state index in [1.165, 1.54) is 18.6 Å². The Kier molecular flexibility index (Phi) is 11.0. The molecule has 0 spiro atoms. The topological polar surface area (TPSA) is 163 Å². The number of aromatic nitrogens is 2. The molecule has 37 heavy (non-hydrogen) atoms. The molecular formula is C25H35BN4O7. The predicted molar refractivity (Wildman–Crippen MR) is 135 cm³/mol. The highest BCUT2D eigenvalue weighted by Crippen LogP contribution is 2.26. The Balaban J connectivity index is 1.79. The fourth-order valence-electron chi connectivity index (χ4n) is 4.25. The van der Waals surface area contributed by atoms with Crippen LogP contribution in [-0.4, -0.2) is 87.7 Å². The average Bonchev–Trinajstić information content (AvgIpc) is 3.32. The summed E-state index contributed by atoms with van der Waals surface area (Å²) in [5, 5.41) is 34.7. The van der Waals surface area contributed by atoms with Crippen molar-refractivity contribution in [2.75, 3.05) is 13.2 Å². The van der Waals surface area contributed by atoms with Gasteiger partial charge in [-0.3, -0.25) is 14.6 Å². The molecule has 0 unspecified atom stereocenters. The number of hydrogen-bond donors (Lipinski definition) is 5. The zero-order valence-electron chi connectivity index (χ0n) is 21.1. The first-order valence-corrected chi connectivity index (χ1v) is 12.4. The summed E-state index contributed by atoms with van der Waals surface area (Å²) < 4.78 is 11.9. The van der Waals surface area contributed by atoms with Gasteiger partial charge in [0.05, 0.1) is 31.0 Å². The molecule has 3 rings (SSSR count). The zero-order chi connectivity index (χ0) is 26.8. The van der Waals surface area contributed by atoms with Gasteiger partial charge >= 0.3 is 7.12 Å². The quantitative estimate of drug-likeness (QED) is 0.230. The number of aliphatic hydroxyl groups excluding tert-OH is 3. The van der Waals surface area contributed by atoms with Gasteiger partial charge in [0.25, 0.3) is 5.91 Å². The van der Waals surface area contributed by atoms with Gasteiger partial charge in [-0.25, -0.2) is 4.98 Å². The number of rotatable bonds is 13. The molecule has 5 atom stereocenters. The van der Waals surface area contributed by atoms with E-state index in [-0.39, 0.29) is 31.1 Å². The van der Waals surface area contributed by atoms with Gasteiger partial charge in [0.15, 0.2) is 0 Å². The molecular weight excluding hydrogens is 479 g/mol. The van der Waals surface area contributed by atoms with Gasteiger partial charge in [0.1, 0.15) is 17.8 Å². The van der Waals surface area contributed by atoms with Gasteiger partial charge in [0, 0.05) is 25.4 Å². The molecule has 0 saturated carbocycles. The first-order chi connectivity index (χ1) is 17.8. The Morgan fingerprint density at radius 1 is 1.11 bits per heavy atom. The minimum Gasteiger partial charge on any atom is -0.404 e. The number of hydrogen-bond acceptors (Lipinski definition) is 9. The lowest BCUT2D eigenvalue weighted by atomic mass is 9.74. The first kappa shape index (κ1) is 28.7. The lowest BCUT2D eigenvalue weighted by Gasteiger charge is -2.26. The van der Waals surface area contributed by atoms with Crippen molar-refractivity contribution in [1.29, 1.82) is 0 Å². The van der Waals surface area contributed by atoms with Crippen LogP contribution in [0.25, 0.3) is 0 Å². The number of carbonyl (C=O) groups excluding carboxylic acids is 2. The number of benzene rings is 1. The van der Waals surface area contributed by atoms with Crippen molar-refractivity contribution in [1.82, 2.24) is 20.6 Å². The number of carbonyl (C=O) groups is 2. The van der Waals surface area contributed by atoms with E-state index in [1.54, 1.807) is 0 Å². The molecule has 1 aliphatic heterocycles. The second-order valence-electron chi connectivity index (χ2n) is 9.46. The van der Waals surface area contributed by atoms with Crippen molar-refractivity contribution >= 4 is 18.9 Å². The van der Waals surface area contributed by atoms with Crippen molar-refractivity contribution in [2.24, 2.45) is 5.92 Å². The van der Waals surface area contributed by atoms with E-state index >= 15 is 0 Å². The maximum atomic E-state index is 13.5. The third kappa shape index (κ3) is 8.30. The van der Waals surface area contributed by atoms with Gasteiger partial charge in [-0.15, -0.1) is 0 Å². The largest absolute Gasteiger partial charge is 0.481 e. The van der Waals surface area contributed by atoms with Crippen LogP contribution in [0.1, 0.15) is 42.7 Å². The summed E-state index contributed by atoms with van der Waals surface area (Å²) in [6, 6.07) is 8.37. The van der Waals surface area contributed by atoms with Gasteiger partial charge in [-0.05, 0) is 24.3 Å². The van der Waals surface area contributed by atoms with Crippen LogP contribution in [0.15, 0.2) is 48.9 Å². The van der Waals surface area contributed by atoms with Crippen LogP contribution in [-0.2, 0) is 20.5 Å². The highest BCUT2D eigenvalue weighted by Gasteiger charge is 2.47. The third-order valence-corrected chi connectivity index (χ3v) is 6.03. The van der Waals surface area contributed by atoms with Gasteiger partial charge < -0.3 is 35.3 Å². The second kappa shape index (κ2) is 14.2. The molecule has 2 heterocycles.